The maximum atomic E-state index is 9.99. The van der Waals surface area contributed by atoms with E-state index in [1.165, 1.54) is 12.8 Å². The Morgan fingerprint density at radius 3 is 2.32 bits per heavy atom. The number of phenolic OH excluding ortho intramolecular Hbond substituents is 1. The molecule has 1 atom stereocenters. The molecule has 0 radical (unpaired) electrons. The number of nitrogens with zero attached hydrogens (tertiary/aromatic N) is 1. The van der Waals surface area contributed by atoms with E-state index in [-0.39, 0.29) is 0 Å². The van der Waals surface area contributed by atoms with Crippen LogP contribution in [0.2, 0.25) is 0 Å². The van der Waals surface area contributed by atoms with E-state index in [4.69, 9.17) is 17.0 Å². The molecule has 0 spiro atoms. The van der Waals surface area contributed by atoms with Crippen LogP contribution in [0.15, 0.2) is 17.1 Å². The average Bonchev–Trinajstić information content (AvgIpc) is 2.41. The van der Waals surface area contributed by atoms with E-state index in [9.17, 15) is 5.11 Å². The molecule has 124 valence electrons. The summed E-state index contributed by atoms with van der Waals surface area (Å²) in [5, 5.41) is 9.99. The fourth-order valence-electron chi connectivity index (χ4n) is 2.19. The average molecular weight is 424 g/mol. The van der Waals surface area contributed by atoms with Crippen molar-refractivity contribution in [2.75, 3.05) is 0 Å². The number of aliphatic imine (C=N–C) groups is 1. The van der Waals surface area contributed by atoms with Gasteiger partial charge in [-0.25, -0.2) is 0 Å². The molecule has 0 aliphatic rings. The number of benzene rings is 1. The van der Waals surface area contributed by atoms with Gasteiger partial charge in [0.25, 0.3) is 0 Å². The molecule has 0 aromatic heterocycles. The fraction of sp³-hybridized carbons (Fsp3) is 0.588. The number of halogens is 2. The summed E-state index contributed by atoms with van der Waals surface area (Å²) in [5.41, 5.74) is 2.89. The van der Waals surface area contributed by atoms with Gasteiger partial charge in [-0.2, -0.15) is 0 Å². The summed E-state index contributed by atoms with van der Waals surface area (Å²) in [6.45, 7) is 10.6. The molecule has 1 aromatic carbocycles. The van der Waals surface area contributed by atoms with E-state index in [0.29, 0.717) is 11.8 Å². The molecule has 2 nitrogen and oxygen atoms in total. The predicted octanol–water partition coefficient (Wildman–Crippen LogP) is 6.02. The van der Waals surface area contributed by atoms with Crippen molar-refractivity contribution in [1.82, 2.24) is 0 Å². The maximum absolute atomic E-state index is 9.99. The van der Waals surface area contributed by atoms with Crippen molar-refractivity contribution in [2.45, 2.75) is 59.9 Å². The van der Waals surface area contributed by atoms with E-state index in [1.54, 1.807) is 0 Å². The van der Waals surface area contributed by atoms with Crippen molar-refractivity contribution in [3.8, 4) is 5.75 Å². The molecular weight excluding hydrogens is 396 g/mol. The molecule has 0 bridgehead atoms. The molecule has 0 heterocycles. The standard InChI is InChI=1S/C17H27NO.2ClH.Zr/c1-12(2)7-6-8-15(5)18-11-16-10-13(3)9-14(4)17(16)19;;;/h9-12,15,19H,6-8H2,1-5H3;2*1H;/q;;;+2/p-2. The van der Waals surface area contributed by atoms with Crippen molar-refractivity contribution < 1.29 is 26.0 Å². The predicted molar refractivity (Wildman–Crippen MR) is 95.0 cm³/mol. The van der Waals surface area contributed by atoms with Crippen molar-refractivity contribution in [3.63, 3.8) is 0 Å². The number of aromatic hydroxyl groups is 1. The molecule has 0 saturated carbocycles. The van der Waals surface area contributed by atoms with Crippen LogP contribution in [0.3, 0.4) is 0 Å². The van der Waals surface area contributed by atoms with Crippen molar-refractivity contribution in [3.05, 3.63) is 28.8 Å². The molecule has 22 heavy (non-hydrogen) atoms. The minimum atomic E-state index is -0.826. The Labute approximate surface area is 154 Å². The molecule has 1 rings (SSSR count). The van der Waals surface area contributed by atoms with E-state index in [0.717, 1.165) is 29.0 Å². The summed E-state index contributed by atoms with van der Waals surface area (Å²) in [5.74, 6) is 1.11. The van der Waals surface area contributed by atoms with Gasteiger partial charge in [-0.15, -0.1) is 0 Å². The Hall–Kier alpha value is 0.153. The van der Waals surface area contributed by atoms with Gasteiger partial charge in [0.05, 0.1) is 0 Å². The zero-order valence-corrected chi connectivity index (χ0v) is 18.1. The number of rotatable bonds is 6. The SMILES string of the molecule is Cc1cc(C)c(O)c(C=NC(C)CCCC(C)C)c1.[Cl][Zr][Cl]. The van der Waals surface area contributed by atoms with Crippen LogP contribution in [0.25, 0.3) is 0 Å². The monoisotopic (exact) mass is 421 g/mol. The first-order chi connectivity index (χ1) is 10.3. The first-order valence-corrected chi connectivity index (χ1v) is 13.9. The number of aryl methyl sites for hydroxylation is 2. The molecule has 0 fully saturated rings. The van der Waals surface area contributed by atoms with Gasteiger partial charge in [-0.1, -0.05) is 32.8 Å². The van der Waals surface area contributed by atoms with E-state index in [1.807, 2.05) is 32.2 Å². The second-order valence-corrected chi connectivity index (χ2v) is 9.77. The van der Waals surface area contributed by atoms with Gasteiger partial charge in [-0.3, -0.25) is 4.99 Å². The summed E-state index contributed by atoms with van der Waals surface area (Å²) in [6.07, 6.45) is 5.40. The first-order valence-electron chi connectivity index (χ1n) is 7.61. The molecule has 5 heteroatoms. The first kappa shape index (κ1) is 22.2. The van der Waals surface area contributed by atoms with Crippen LogP contribution >= 0.6 is 17.0 Å². The molecule has 0 saturated heterocycles. The van der Waals surface area contributed by atoms with Crippen molar-refractivity contribution >= 4 is 23.2 Å². The Balaban J connectivity index is 0.00000135. The number of hydrogen-bond donors (Lipinski definition) is 1. The fourth-order valence-corrected chi connectivity index (χ4v) is 2.19. The Bertz CT molecular complexity index is 464. The van der Waals surface area contributed by atoms with Gasteiger partial charge in [0, 0.05) is 17.8 Å². The molecule has 1 aromatic rings. The topological polar surface area (TPSA) is 32.6 Å². The summed E-state index contributed by atoms with van der Waals surface area (Å²) < 4.78 is 0. The molecule has 1 N–H and O–H groups in total. The second-order valence-electron chi connectivity index (χ2n) is 6.04. The summed E-state index contributed by atoms with van der Waals surface area (Å²) in [7, 11) is 9.87. The Morgan fingerprint density at radius 2 is 1.77 bits per heavy atom. The van der Waals surface area contributed by atoms with Gasteiger partial charge in [0.15, 0.2) is 0 Å². The van der Waals surface area contributed by atoms with E-state index in [2.05, 4.69) is 25.8 Å². The van der Waals surface area contributed by atoms with Crippen LogP contribution < -0.4 is 0 Å². The zero-order valence-electron chi connectivity index (χ0n) is 14.2. The van der Waals surface area contributed by atoms with E-state index < -0.39 is 20.8 Å². The van der Waals surface area contributed by atoms with Gasteiger partial charge in [0.2, 0.25) is 0 Å². The van der Waals surface area contributed by atoms with Gasteiger partial charge in [0.1, 0.15) is 5.75 Å². The second kappa shape index (κ2) is 12.6. The third kappa shape index (κ3) is 10.0. The van der Waals surface area contributed by atoms with Crippen LogP contribution in [0.4, 0.5) is 0 Å². The van der Waals surface area contributed by atoms with E-state index >= 15 is 0 Å². The molecule has 1 unspecified atom stereocenters. The Morgan fingerprint density at radius 1 is 1.18 bits per heavy atom. The van der Waals surface area contributed by atoms with Crippen molar-refractivity contribution in [2.24, 2.45) is 10.9 Å². The van der Waals surface area contributed by atoms with Crippen LogP contribution in [-0.2, 0) is 20.8 Å². The molecule has 0 aliphatic carbocycles. The van der Waals surface area contributed by atoms with Crippen molar-refractivity contribution in [1.29, 1.82) is 0 Å². The number of hydrogen-bond acceptors (Lipinski definition) is 2. The van der Waals surface area contributed by atoms with Crippen LogP contribution in [-0.4, -0.2) is 17.4 Å². The summed E-state index contributed by atoms with van der Waals surface area (Å²) >= 11 is -0.826. The van der Waals surface area contributed by atoms with Crippen LogP contribution in [0.5, 0.6) is 5.75 Å². The summed E-state index contributed by atoms with van der Waals surface area (Å²) in [6, 6.07) is 4.28. The number of phenols is 1. The third-order valence-corrected chi connectivity index (χ3v) is 3.35. The Kier molecular flexibility index (Phi) is 12.6. The van der Waals surface area contributed by atoms with Gasteiger partial charge < -0.3 is 5.11 Å². The molecular formula is C17H27Cl2NOZr. The van der Waals surface area contributed by atoms with Gasteiger partial charge >= 0.3 is 37.9 Å². The normalized spacial score (nSPS) is 12.2. The quantitative estimate of drug-likeness (QED) is 0.558. The van der Waals surface area contributed by atoms with Crippen LogP contribution in [0.1, 0.15) is 56.7 Å². The third-order valence-electron chi connectivity index (χ3n) is 3.35. The minimum absolute atomic E-state index is 0.318. The van der Waals surface area contributed by atoms with Crippen LogP contribution in [0, 0.1) is 19.8 Å². The molecule has 0 amide bonds. The van der Waals surface area contributed by atoms with Gasteiger partial charge in [-0.05, 0) is 50.3 Å². The zero-order chi connectivity index (χ0) is 17.1. The molecule has 0 aliphatic heterocycles. The summed E-state index contributed by atoms with van der Waals surface area (Å²) in [4.78, 5) is 4.55.